The standard InChI is InChI=1S/C11H12O2Se/c1-13-10-6-3-9(4-7-10)5-8-11(12)14-2/h3-8H,1-2H3/b8-5+. The van der Waals surface area contributed by atoms with E-state index in [1.54, 1.807) is 13.2 Å². The van der Waals surface area contributed by atoms with Gasteiger partial charge in [-0.15, -0.1) is 0 Å². The molecule has 3 heteroatoms. The molecule has 0 aliphatic carbocycles. The van der Waals surface area contributed by atoms with E-state index in [2.05, 4.69) is 0 Å². The Hall–Kier alpha value is -1.05. The second kappa shape index (κ2) is 5.63. The summed E-state index contributed by atoms with van der Waals surface area (Å²) < 4.78 is 5.23. The Morgan fingerprint density at radius 1 is 1.36 bits per heavy atom. The van der Waals surface area contributed by atoms with Crippen molar-refractivity contribution in [1.82, 2.24) is 0 Å². The molecule has 0 aliphatic heterocycles. The Morgan fingerprint density at radius 2 is 2.00 bits per heavy atom. The first kappa shape index (κ1) is 11.0. The first-order valence-corrected chi connectivity index (χ1v) is 6.73. The van der Waals surface area contributed by atoms with E-state index in [-0.39, 0.29) is 19.6 Å². The van der Waals surface area contributed by atoms with Crippen molar-refractivity contribution in [1.29, 1.82) is 0 Å². The molecule has 0 amide bonds. The second-order valence-electron chi connectivity index (χ2n) is 2.63. The molecule has 0 spiro atoms. The molecule has 0 saturated carbocycles. The predicted molar refractivity (Wildman–Crippen MR) is 58.7 cm³/mol. The van der Waals surface area contributed by atoms with Crippen molar-refractivity contribution in [2.45, 2.75) is 5.82 Å². The SMILES string of the molecule is COc1ccc(/C=C/C(=O)[Se]C)cc1. The minimum atomic E-state index is 0.0585. The molecule has 0 radical (unpaired) electrons. The zero-order valence-corrected chi connectivity index (χ0v) is 9.90. The molecule has 0 fully saturated rings. The average molecular weight is 255 g/mol. The van der Waals surface area contributed by atoms with Crippen molar-refractivity contribution in [2.24, 2.45) is 0 Å². The van der Waals surface area contributed by atoms with Crippen LogP contribution in [0.25, 0.3) is 6.08 Å². The maximum absolute atomic E-state index is 11.0. The number of methoxy groups -OCH3 is 1. The summed E-state index contributed by atoms with van der Waals surface area (Å²) in [7, 11) is 1.63. The quantitative estimate of drug-likeness (QED) is 0.607. The number of carbonyl (C=O) groups excluding carboxylic acids is 1. The van der Waals surface area contributed by atoms with Crippen molar-refractivity contribution < 1.29 is 9.53 Å². The fraction of sp³-hybridized carbons (Fsp3) is 0.182. The van der Waals surface area contributed by atoms with Gasteiger partial charge in [0.05, 0.1) is 0 Å². The third kappa shape index (κ3) is 3.36. The molecule has 2 nitrogen and oxygen atoms in total. The van der Waals surface area contributed by atoms with Crippen LogP contribution in [0.4, 0.5) is 0 Å². The van der Waals surface area contributed by atoms with Crippen molar-refractivity contribution in [3.05, 3.63) is 35.9 Å². The van der Waals surface area contributed by atoms with E-state index in [0.29, 0.717) is 0 Å². The molecule has 1 rings (SSSR count). The molecule has 0 aromatic heterocycles. The van der Waals surface area contributed by atoms with Gasteiger partial charge in [0.25, 0.3) is 0 Å². The summed E-state index contributed by atoms with van der Waals surface area (Å²) in [6.45, 7) is 0. The van der Waals surface area contributed by atoms with Crippen LogP contribution in [0.2, 0.25) is 5.82 Å². The summed E-state index contributed by atoms with van der Waals surface area (Å²) >= 11 is 0.0585. The van der Waals surface area contributed by atoms with Crippen LogP contribution in [0, 0.1) is 0 Å². The van der Waals surface area contributed by atoms with Crippen molar-refractivity contribution >= 4 is 25.7 Å². The van der Waals surface area contributed by atoms with Crippen LogP contribution in [-0.4, -0.2) is 26.7 Å². The molecule has 0 N–H and O–H groups in total. The van der Waals surface area contributed by atoms with Gasteiger partial charge in [0.1, 0.15) is 0 Å². The summed E-state index contributed by atoms with van der Waals surface area (Å²) in [5.41, 5.74) is 1.02. The van der Waals surface area contributed by atoms with Gasteiger partial charge in [-0.25, -0.2) is 0 Å². The van der Waals surface area contributed by atoms with E-state index in [0.717, 1.165) is 11.3 Å². The van der Waals surface area contributed by atoms with Gasteiger partial charge in [-0.05, 0) is 0 Å². The molecular formula is C11H12O2Se. The Labute approximate surface area is 90.1 Å². The number of carbonyl (C=O) groups is 1. The molecule has 74 valence electrons. The molecule has 1 aromatic carbocycles. The summed E-state index contributed by atoms with van der Waals surface area (Å²) in [5.74, 6) is 2.74. The van der Waals surface area contributed by atoms with Crippen molar-refractivity contribution in [3.8, 4) is 5.75 Å². The fourth-order valence-electron chi connectivity index (χ4n) is 0.947. The Bertz CT molecular complexity index is 328. The molecule has 0 saturated heterocycles. The number of hydrogen-bond acceptors (Lipinski definition) is 2. The molecule has 0 bridgehead atoms. The third-order valence-electron chi connectivity index (χ3n) is 1.73. The summed E-state index contributed by atoms with van der Waals surface area (Å²) in [6.07, 6.45) is 3.45. The van der Waals surface area contributed by atoms with Crippen LogP contribution < -0.4 is 4.74 Å². The number of ether oxygens (including phenoxy) is 1. The Kier molecular flexibility index (Phi) is 4.44. The van der Waals surface area contributed by atoms with Gasteiger partial charge in [0.2, 0.25) is 0 Å². The second-order valence-corrected chi connectivity index (χ2v) is 4.33. The van der Waals surface area contributed by atoms with Crippen LogP contribution in [0.1, 0.15) is 5.56 Å². The van der Waals surface area contributed by atoms with Crippen LogP contribution in [-0.2, 0) is 4.79 Å². The van der Waals surface area contributed by atoms with Crippen LogP contribution in [0.3, 0.4) is 0 Å². The zero-order chi connectivity index (χ0) is 10.4. The summed E-state index contributed by atoms with van der Waals surface area (Å²) in [4.78, 5) is 11.0. The topological polar surface area (TPSA) is 26.3 Å². The molecule has 0 unspecified atom stereocenters. The van der Waals surface area contributed by atoms with Crippen molar-refractivity contribution in [2.75, 3.05) is 7.11 Å². The third-order valence-corrected chi connectivity index (χ3v) is 2.86. The van der Waals surface area contributed by atoms with Gasteiger partial charge in [-0.3, -0.25) is 0 Å². The van der Waals surface area contributed by atoms with Crippen molar-refractivity contribution in [3.63, 3.8) is 0 Å². The number of rotatable bonds is 4. The number of hydrogen-bond donors (Lipinski definition) is 0. The van der Waals surface area contributed by atoms with E-state index in [4.69, 9.17) is 4.74 Å². The summed E-state index contributed by atoms with van der Waals surface area (Å²) in [6, 6.07) is 7.60. The van der Waals surface area contributed by atoms with E-state index in [9.17, 15) is 4.79 Å². The monoisotopic (exact) mass is 256 g/mol. The van der Waals surface area contributed by atoms with Gasteiger partial charge in [-0.2, -0.15) is 0 Å². The predicted octanol–water partition coefficient (Wildman–Crippen LogP) is 1.99. The summed E-state index contributed by atoms with van der Waals surface area (Å²) in [5, 5.41) is 0. The average Bonchev–Trinajstić information content (AvgIpc) is 2.26. The van der Waals surface area contributed by atoms with Crippen LogP contribution in [0.15, 0.2) is 30.3 Å². The van der Waals surface area contributed by atoms with E-state index in [1.807, 2.05) is 36.2 Å². The molecule has 1 aromatic rings. The zero-order valence-electron chi connectivity index (χ0n) is 8.19. The van der Waals surface area contributed by atoms with Crippen LogP contribution >= 0.6 is 0 Å². The minimum absolute atomic E-state index is 0.0585. The van der Waals surface area contributed by atoms with Gasteiger partial charge < -0.3 is 0 Å². The number of benzene rings is 1. The molecule has 0 aliphatic rings. The Morgan fingerprint density at radius 3 is 2.50 bits per heavy atom. The van der Waals surface area contributed by atoms with Gasteiger partial charge >= 0.3 is 89.8 Å². The Balaban J connectivity index is 2.68. The first-order chi connectivity index (χ1) is 6.76. The van der Waals surface area contributed by atoms with Gasteiger partial charge in [-0.1, -0.05) is 0 Å². The molecular weight excluding hydrogens is 243 g/mol. The normalized spacial score (nSPS) is 10.4. The van der Waals surface area contributed by atoms with Gasteiger partial charge in [0, 0.05) is 0 Å². The molecule has 0 heterocycles. The first-order valence-electron chi connectivity index (χ1n) is 4.16. The fourth-order valence-corrected chi connectivity index (χ4v) is 1.38. The number of allylic oxidation sites excluding steroid dienone is 1. The van der Waals surface area contributed by atoms with E-state index in [1.165, 1.54) is 0 Å². The van der Waals surface area contributed by atoms with Gasteiger partial charge in [0.15, 0.2) is 0 Å². The molecule has 14 heavy (non-hydrogen) atoms. The van der Waals surface area contributed by atoms with Crippen LogP contribution in [0.5, 0.6) is 5.75 Å². The molecule has 0 atom stereocenters. The maximum atomic E-state index is 11.0. The van der Waals surface area contributed by atoms with E-state index < -0.39 is 0 Å². The van der Waals surface area contributed by atoms with E-state index >= 15 is 0 Å².